The highest BCUT2D eigenvalue weighted by Gasteiger charge is 2.32. The van der Waals surface area contributed by atoms with E-state index in [1.165, 1.54) is 17.0 Å². The van der Waals surface area contributed by atoms with Crippen molar-refractivity contribution in [3.8, 4) is 0 Å². The summed E-state index contributed by atoms with van der Waals surface area (Å²) in [5, 5.41) is 2.85. The molecular weight excluding hydrogens is 554 g/mol. The smallest absolute Gasteiger partial charge is 0.264 e. The molecule has 9 heteroatoms. The third-order valence-electron chi connectivity index (χ3n) is 5.76. The average Bonchev–Trinajstić information content (AvgIpc) is 2.86. The Balaban J connectivity index is 2.01. The van der Waals surface area contributed by atoms with Crippen LogP contribution in [0.3, 0.4) is 0 Å². The van der Waals surface area contributed by atoms with Crippen LogP contribution >= 0.6 is 15.9 Å². The van der Waals surface area contributed by atoms with Crippen molar-refractivity contribution < 1.29 is 18.0 Å². The van der Waals surface area contributed by atoms with Gasteiger partial charge < -0.3 is 10.2 Å². The lowest BCUT2D eigenvalue weighted by molar-refractivity contribution is -0.139. The Hall–Kier alpha value is -3.17. The minimum Gasteiger partial charge on any atom is -0.352 e. The number of aryl methyl sites for hydroxylation is 1. The van der Waals surface area contributed by atoms with Crippen molar-refractivity contribution in [2.75, 3.05) is 10.8 Å². The van der Waals surface area contributed by atoms with Crippen LogP contribution in [-0.4, -0.2) is 43.8 Å². The predicted molar refractivity (Wildman–Crippen MR) is 150 cm³/mol. The number of nitrogens with one attached hydrogen (secondary N) is 1. The first-order chi connectivity index (χ1) is 17.5. The van der Waals surface area contributed by atoms with E-state index in [1.807, 2.05) is 51.1 Å². The number of nitrogens with zero attached hydrogens (tertiary/aromatic N) is 2. The molecule has 0 saturated heterocycles. The number of carbonyl (C=O) groups is 2. The highest BCUT2D eigenvalue weighted by atomic mass is 79.9. The fourth-order valence-electron chi connectivity index (χ4n) is 3.81. The lowest BCUT2D eigenvalue weighted by atomic mass is 10.1. The summed E-state index contributed by atoms with van der Waals surface area (Å²) >= 11 is 3.41. The number of benzene rings is 3. The van der Waals surface area contributed by atoms with E-state index in [1.54, 1.807) is 43.3 Å². The molecule has 2 amide bonds. The number of hydrogen-bond donors (Lipinski definition) is 1. The molecule has 1 N–H and O–H groups in total. The van der Waals surface area contributed by atoms with Gasteiger partial charge in [-0.25, -0.2) is 8.42 Å². The molecule has 0 fully saturated rings. The first-order valence-electron chi connectivity index (χ1n) is 12.0. The van der Waals surface area contributed by atoms with Crippen LogP contribution in [-0.2, 0) is 26.2 Å². The topological polar surface area (TPSA) is 86.8 Å². The molecule has 0 heterocycles. The molecule has 0 radical (unpaired) electrons. The summed E-state index contributed by atoms with van der Waals surface area (Å²) in [6, 6.07) is 21.5. The SMILES string of the molecule is Cc1cccc(N(CC(=O)N(Cc2ccc(Br)cc2)[C@H](C)C(=O)NC(C)C)S(=O)(=O)c2ccccc2)c1. The standard InChI is InChI=1S/C28H32BrN3O4S/c1-20(2)30-28(34)22(4)31(18-23-13-15-24(29)16-14-23)27(33)19-32(25-10-8-9-21(3)17-25)37(35,36)26-11-6-5-7-12-26/h5-17,20,22H,18-19H2,1-4H3,(H,30,34)/t22-/m1/s1. The van der Waals surface area contributed by atoms with Crippen LogP contribution < -0.4 is 9.62 Å². The van der Waals surface area contributed by atoms with E-state index in [0.717, 1.165) is 19.9 Å². The maximum atomic E-state index is 13.8. The van der Waals surface area contributed by atoms with Crippen LogP contribution in [0.2, 0.25) is 0 Å². The van der Waals surface area contributed by atoms with Crippen LogP contribution in [0.5, 0.6) is 0 Å². The van der Waals surface area contributed by atoms with Gasteiger partial charge in [0, 0.05) is 17.1 Å². The van der Waals surface area contributed by atoms with Gasteiger partial charge in [-0.3, -0.25) is 13.9 Å². The van der Waals surface area contributed by atoms with Crippen molar-refractivity contribution in [3.63, 3.8) is 0 Å². The second kappa shape index (κ2) is 12.4. The molecule has 37 heavy (non-hydrogen) atoms. The first-order valence-corrected chi connectivity index (χ1v) is 14.2. The Bertz CT molecular complexity index is 1330. The van der Waals surface area contributed by atoms with Gasteiger partial charge in [0.05, 0.1) is 10.6 Å². The maximum Gasteiger partial charge on any atom is 0.264 e. The number of rotatable bonds is 10. The third-order valence-corrected chi connectivity index (χ3v) is 8.08. The molecule has 196 valence electrons. The highest BCUT2D eigenvalue weighted by Crippen LogP contribution is 2.25. The van der Waals surface area contributed by atoms with E-state index < -0.39 is 28.5 Å². The molecule has 0 bridgehead atoms. The van der Waals surface area contributed by atoms with Crippen molar-refractivity contribution in [2.45, 2.75) is 51.2 Å². The average molecular weight is 587 g/mol. The second-order valence-corrected chi connectivity index (χ2v) is 11.9. The van der Waals surface area contributed by atoms with Crippen molar-refractivity contribution >= 4 is 43.5 Å². The van der Waals surface area contributed by atoms with Gasteiger partial charge in [0.25, 0.3) is 10.0 Å². The number of hydrogen-bond acceptors (Lipinski definition) is 4. The Morgan fingerprint density at radius 2 is 1.57 bits per heavy atom. The number of carbonyl (C=O) groups excluding carboxylic acids is 2. The molecule has 0 spiro atoms. The molecule has 0 unspecified atom stereocenters. The van der Waals surface area contributed by atoms with Crippen molar-refractivity contribution in [2.24, 2.45) is 0 Å². The fraction of sp³-hybridized carbons (Fsp3) is 0.286. The minimum atomic E-state index is -4.06. The summed E-state index contributed by atoms with van der Waals surface area (Å²) in [7, 11) is -4.06. The van der Waals surface area contributed by atoms with E-state index in [-0.39, 0.29) is 23.4 Å². The van der Waals surface area contributed by atoms with Gasteiger partial charge in [0.15, 0.2) is 0 Å². The molecular formula is C28H32BrN3O4S. The molecule has 1 atom stereocenters. The molecule has 0 aliphatic heterocycles. The summed E-state index contributed by atoms with van der Waals surface area (Å²) < 4.78 is 29.4. The summed E-state index contributed by atoms with van der Waals surface area (Å²) in [6.45, 7) is 6.88. The van der Waals surface area contributed by atoms with Crippen molar-refractivity contribution in [1.82, 2.24) is 10.2 Å². The van der Waals surface area contributed by atoms with Crippen LogP contribution in [0.4, 0.5) is 5.69 Å². The molecule has 0 aromatic heterocycles. The second-order valence-electron chi connectivity index (χ2n) is 9.15. The monoisotopic (exact) mass is 585 g/mol. The fourth-order valence-corrected chi connectivity index (χ4v) is 5.50. The van der Waals surface area contributed by atoms with Crippen LogP contribution in [0, 0.1) is 6.92 Å². The lowest BCUT2D eigenvalue weighted by Crippen LogP contribution is -2.52. The molecule has 0 aliphatic rings. The number of anilines is 1. The third kappa shape index (κ3) is 7.42. The Labute approximate surface area is 227 Å². The van der Waals surface area contributed by atoms with Gasteiger partial charge in [-0.15, -0.1) is 0 Å². The first kappa shape index (κ1) is 28.4. The Morgan fingerprint density at radius 3 is 2.16 bits per heavy atom. The summed E-state index contributed by atoms with van der Waals surface area (Å²) in [6.07, 6.45) is 0. The van der Waals surface area contributed by atoms with Gasteiger partial charge in [-0.2, -0.15) is 0 Å². The summed E-state index contributed by atoms with van der Waals surface area (Å²) in [5.41, 5.74) is 2.04. The molecule has 3 rings (SSSR count). The van der Waals surface area contributed by atoms with Gasteiger partial charge in [-0.05, 0) is 75.2 Å². The maximum absolute atomic E-state index is 13.8. The van der Waals surface area contributed by atoms with Gasteiger partial charge >= 0.3 is 0 Å². The van der Waals surface area contributed by atoms with Gasteiger partial charge in [-0.1, -0.05) is 58.4 Å². The molecule has 3 aromatic rings. The number of sulfonamides is 1. The largest absolute Gasteiger partial charge is 0.352 e. The van der Waals surface area contributed by atoms with Gasteiger partial charge in [0.1, 0.15) is 12.6 Å². The molecule has 0 aliphatic carbocycles. The lowest BCUT2D eigenvalue weighted by Gasteiger charge is -2.32. The zero-order chi connectivity index (χ0) is 27.2. The molecule has 0 saturated carbocycles. The van der Waals surface area contributed by atoms with E-state index in [4.69, 9.17) is 0 Å². The Kier molecular flexibility index (Phi) is 9.50. The summed E-state index contributed by atoms with van der Waals surface area (Å²) in [4.78, 5) is 28.2. The van der Waals surface area contributed by atoms with Crippen LogP contribution in [0.15, 0.2) is 88.2 Å². The van der Waals surface area contributed by atoms with E-state index in [0.29, 0.717) is 5.69 Å². The quantitative estimate of drug-likeness (QED) is 0.367. The number of halogens is 1. The number of amides is 2. The normalized spacial score (nSPS) is 12.2. The predicted octanol–water partition coefficient (Wildman–Crippen LogP) is 4.89. The zero-order valence-electron chi connectivity index (χ0n) is 21.4. The summed E-state index contributed by atoms with van der Waals surface area (Å²) in [5.74, 6) is -0.802. The van der Waals surface area contributed by atoms with Crippen LogP contribution in [0.1, 0.15) is 31.9 Å². The van der Waals surface area contributed by atoms with Gasteiger partial charge in [0.2, 0.25) is 11.8 Å². The van der Waals surface area contributed by atoms with Crippen molar-refractivity contribution in [3.05, 3.63) is 94.5 Å². The zero-order valence-corrected chi connectivity index (χ0v) is 23.8. The highest BCUT2D eigenvalue weighted by molar-refractivity contribution is 9.10. The molecule has 7 nitrogen and oxygen atoms in total. The Morgan fingerprint density at radius 1 is 0.919 bits per heavy atom. The van der Waals surface area contributed by atoms with E-state index in [2.05, 4.69) is 21.2 Å². The minimum absolute atomic E-state index is 0.0781. The van der Waals surface area contributed by atoms with E-state index in [9.17, 15) is 18.0 Å². The molecule has 3 aromatic carbocycles. The van der Waals surface area contributed by atoms with Crippen LogP contribution in [0.25, 0.3) is 0 Å². The van der Waals surface area contributed by atoms with E-state index >= 15 is 0 Å². The van der Waals surface area contributed by atoms with Crippen molar-refractivity contribution in [1.29, 1.82) is 0 Å².